The highest BCUT2D eigenvalue weighted by molar-refractivity contribution is 5.73. The summed E-state index contributed by atoms with van der Waals surface area (Å²) in [6.07, 6.45) is 1.31. The van der Waals surface area contributed by atoms with E-state index in [2.05, 4.69) is 4.98 Å². The van der Waals surface area contributed by atoms with E-state index in [9.17, 15) is 14.5 Å². The van der Waals surface area contributed by atoms with E-state index in [1.54, 1.807) is 19.1 Å². The second-order valence-corrected chi connectivity index (χ2v) is 3.71. The molecule has 0 spiro atoms. The van der Waals surface area contributed by atoms with Gasteiger partial charge in [0, 0.05) is 5.56 Å². The van der Waals surface area contributed by atoms with Gasteiger partial charge in [0.15, 0.2) is 0 Å². The summed E-state index contributed by atoms with van der Waals surface area (Å²) in [4.78, 5) is 14.0. The number of nitro groups is 1. The highest BCUT2D eigenvalue weighted by Gasteiger charge is 2.21. The highest BCUT2D eigenvalue weighted by Crippen LogP contribution is 2.36. The number of pyridine rings is 1. The summed E-state index contributed by atoms with van der Waals surface area (Å²) >= 11 is 0. The maximum Gasteiger partial charge on any atom is 0.406 e. The molecule has 0 radical (unpaired) electrons. The van der Waals surface area contributed by atoms with Crippen molar-refractivity contribution in [3.05, 3.63) is 52.5 Å². The fourth-order valence-corrected chi connectivity index (χ4v) is 1.74. The van der Waals surface area contributed by atoms with Crippen LogP contribution in [-0.2, 0) is 0 Å². The Hall–Kier alpha value is -2.50. The topological polar surface area (TPSA) is 65.3 Å². The molecule has 5 nitrogen and oxygen atoms in total. The first-order valence-corrected chi connectivity index (χ1v) is 5.65. The Bertz CT molecular complexity index is 617. The highest BCUT2D eigenvalue weighted by atomic mass is 19.1. The second kappa shape index (κ2) is 5.43. The summed E-state index contributed by atoms with van der Waals surface area (Å²) in [5, 5.41) is 10.9. The number of nitrogens with zero attached hydrogens (tertiary/aromatic N) is 2. The molecule has 0 saturated heterocycles. The van der Waals surface area contributed by atoms with E-state index in [1.807, 2.05) is 0 Å². The Morgan fingerprint density at radius 1 is 1.42 bits per heavy atom. The zero-order valence-electron chi connectivity index (χ0n) is 10.2. The van der Waals surface area contributed by atoms with Gasteiger partial charge < -0.3 is 14.9 Å². The van der Waals surface area contributed by atoms with Gasteiger partial charge in [-0.2, -0.15) is 0 Å². The molecule has 2 rings (SSSR count). The lowest BCUT2D eigenvalue weighted by Crippen LogP contribution is -2.01. The minimum Gasteiger partial charge on any atom is -0.486 e. The van der Waals surface area contributed by atoms with Crippen LogP contribution in [0, 0.1) is 15.9 Å². The fourth-order valence-electron chi connectivity index (χ4n) is 1.74. The van der Waals surface area contributed by atoms with Crippen LogP contribution in [0.4, 0.5) is 10.2 Å². The van der Waals surface area contributed by atoms with Crippen molar-refractivity contribution < 1.29 is 14.1 Å². The standard InChI is InChI=1S/C13H11FN2O3/c1-2-19-12-11(6-7-15-13(12)16(17)18)9-4-3-5-10(14)8-9/h3-8H,2H2,1H3. The van der Waals surface area contributed by atoms with Crippen LogP contribution >= 0.6 is 0 Å². The normalized spacial score (nSPS) is 10.2. The molecule has 0 amide bonds. The van der Waals surface area contributed by atoms with Crippen molar-refractivity contribution in [3.8, 4) is 16.9 Å². The minimum absolute atomic E-state index is 0.0561. The molecule has 1 aromatic heterocycles. The fraction of sp³-hybridized carbons (Fsp3) is 0.154. The third kappa shape index (κ3) is 2.67. The molecule has 0 fully saturated rings. The van der Waals surface area contributed by atoms with Crippen molar-refractivity contribution in [1.29, 1.82) is 0 Å². The van der Waals surface area contributed by atoms with Crippen molar-refractivity contribution in [1.82, 2.24) is 4.98 Å². The van der Waals surface area contributed by atoms with Crippen LogP contribution in [-0.4, -0.2) is 16.5 Å². The average molecular weight is 262 g/mol. The average Bonchev–Trinajstić information content (AvgIpc) is 2.39. The molecule has 19 heavy (non-hydrogen) atoms. The van der Waals surface area contributed by atoms with Gasteiger partial charge >= 0.3 is 5.82 Å². The molecule has 0 aliphatic carbocycles. The lowest BCUT2D eigenvalue weighted by molar-refractivity contribution is -0.390. The van der Waals surface area contributed by atoms with Gasteiger partial charge in [0.05, 0.1) is 6.61 Å². The second-order valence-electron chi connectivity index (χ2n) is 3.71. The van der Waals surface area contributed by atoms with E-state index < -0.39 is 10.7 Å². The first-order valence-electron chi connectivity index (χ1n) is 5.65. The van der Waals surface area contributed by atoms with E-state index in [1.165, 1.54) is 24.4 Å². The van der Waals surface area contributed by atoms with Gasteiger partial charge in [-0.3, -0.25) is 0 Å². The minimum atomic E-state index is -0.617. The molecule has 1 aromatic carbocycles. The Kier molecular flexibility index (Phi) is 3.70. The molecular weight excluding hydrogens is 251 g/mol. The summed E-state index contributed by atoms with van der Waals surface area (Å²) in [5.41, 5.74) is 0.956. The van der Waals surface area contributed by atoms with Crippen molar-refractivity contribution >= 4 is 5.82 Å². The molecule has 2 aromatic rings. The van der Waals surface area contributed by atoms with Crippen LogP contribution in [0.25, 0.3) is 11.1 Å². The summed E-state index contributed by atoms with van der Waals surface area (Å²) < 4.78 is 18.5. The van der Waals surface area contributed by atoms with Crippen LogP contribution in [0.15, 0.2) is 36.5 Å². The van der Waals surface area contributed by atoms with Crippen molar-refractivity contribution in [2.24, 2.45) is 0 Å². The monoisotopic (exact) mass is 262 g/mol. The van der Waals surface area contributed by atoms with Crippen LogP contribution in [0.5, 0.6) is 5.75 Å². The number of aromatic nitrogens is 1. The first-order chi connectivity index (χ1) is 9.13. The van der Waals surface area contributed by atoms with E-state index in [4.69, 9.17) is 4.74 Å². The Morgan fingerprint density at radius 3 is 2.84 bits per heavy atom. The van der Waals surface area contributed by atoms with Crippen LogP contribution < -0.4 is 4.74 Å². The van der Waals surface area contributed by atoms with E-state index in [0.717, 1.165) is 0 Å². The maximum absolute atomic E-state index is 13.2. The molecule has 98 valence electrons. The summed E-state index contributed by atoms with van der Waals surface area (Å²) in [6, 6.07) is 7.35. The number of hydrogen-bond donors (Lipinski definition) is 0. The molecular formula is C13H11FN2O3. The third-order valence-electron chi connectivity index (χ3n) is 2.48. The Morgan fingerprint density at radius 2 is 2.21 bits per heavy atom. The number of ether oxygens (including phenoxy) is 1. The van der Waals surface area contributed by atoms with Crippen LogP contribution in [0.3, 0.4) is 0 Å². The molecule has 6 heteroatoms. The largest absolute Gasteiger partial charge is 0.486 e. The number of halogens is 1. The molecule has 0 N–H and O–H groups in total. The molecule has 0 unspecified atom stereocenters. The van der Waals surface area contributed by atoms with Crippen molar-refractivity contribution in [2.45, 2.75) is 6.92 Å². The summed E-state index contributed by atoms with van der Waals surface area (Å²) in [7, 11) is 0. The smallest absolute Gasteiger partial charge is 0.406 e. The molecule has 0 bridgehead atoms. The quantitative estimate of drug-likeness (QED) is 0.627. The van der Waals surface area contributed by atoms with Crippen molar-refractivity contribution in [3.63, 3.8) is 0 Å². The van der Waals surface area contributed by atoms with E-state index in [-0.39, 0.29) is 18.2 Å². The zero-order valence-corrected chi connectivity index (χ0v) is 10.2. The molecule has 0 aliphatic heterocycles. The Labute approximate surface area is 108 Å². The van der Waals surface area contributed by atoms with Gasteiger partial charge in [-0.25, -0.2) is 4.39 Å². The van der Waals surface area contributed by atoms with E-state index >= 15 is 0 Å². The number of rotatable bonds is 4. The van der Waals surface area contributed by atoms with Gasteiger partial charge in [0.25, 0.3) is 0 Å². The predicted molar refractivity (Wildman–Crippen MR) is 67.5 cm³/mol. The Balaban J connectivity index is 2.62. The van der Waals surface area contributed by atoms with Gasteiger partial charge in [0.1, 0.15) is 12.0 Å². The first kappa shape index (κ1) is 12.9. The SMILES string of the molecule is CCOc1c(-c2cccc(F)c2)ccnc1[N+](=O)[O-]. The van der Waals surface area contributed by atoms with E-state index in [0.29, 0.717) is 11.1 Å². The van der Waals surface area contributed by atoms with Crippen LogP contribution in [0.1, 0.15) is 6.92 Å². The molecule has 1 heterocycles. The van der Waals surface area contributed by atoms with Crippen LogP contribution in [0.2, 0.25) is 0 Å². The van der Waals surface area contributed by atoms with Crippen molar-refractivity contribution in [2.75, 3.05) is 6.61 Å². The molecule has 0 aliphatic rings. The maximum atomic E-state index is 13.2. The lowest BCUT2D eigenvalue weighted by Gasteiger charge is -2.09. The predicted octanol–water partition coefficient (Wildman–Crippen LogP) is 3.19. The third-order valence-corrected chi connectivity index (χ3v) is 2.48. The lowest BCUT2D eigenvalue weighted by atomic mass is 10.1. The molecule has 0 saturated carbocycles. The van der Waals surface area contributed by atoms with Gasteiger partial charge in [-0.15, -0.1) is 0 Å². The number of hydrogen-bond acceptors (Lipinski definition) is 4. The summed E-state index contributed by atoms with van der Waals surface area (Å²) in [6.45, 7) is 1.97. The molecule has 0 atom stereocenters. The van der Waals surface area contributed by atoms with Gasteiger partial charge in [0.2, 0.25) is 5.75 Å². The zero-order chi connectivity index (χ0) is 13.8. The summed E-state index contributed by atoms with van der Waals surface area (Å²) in [5.74, 6) is -0.733. The number of benzene rings is 1. The van der Waals surface area contributed by atoms with Gasteiger partial charge in [-0.1, -0.05) is 12.1 Å². The van der Waals surface area contributed by atoms with Gasteiger partial charge in [-0.05, 0) is 40.6 Å².